The Morgan fingerprint density at radius 1 is 1.67 bits per heavy atom. The Labute approximate surface area is 74.6 Å². The zero-order valence-corrected chi connectivity index (χ0v) is 7.43. The number of hydrogen-bond acceptors (Lipinski definition) is 1. The predicted molar refractivity (Wildman–Crippen MR) is 46.1 cm³/mol. The van der Waals surface area contributed by atoms with E-state index in [4.69, 9.17) is 0 Å². The van der Waals surface area contributed by atoms with Gasteiger partial charge < -0.3 is 5.32 Å². The van der Waals surface area contributed by atoms with Gasteiger partial charge in [-0.1, -0.05) is 18.8 Å². The maximum atomic E-state index is 11.9. The minimum Gasteiger partial charge on any atom is -0.379 e. The number of hydrogen-bond donors (Lipinski definition) is 1. The molecule has 0 aliphatic heterocycles. The van der Waals surface area contributed by atoms with Gasteiger partial charge in [-0.25, -0.2) is 0 Å². The van der Waals surface area contributed by atoms with Crippen molar-refractivity contribution in [3.63, 3.8) is 0 Å². The van der Waals surface area contributed by atoms with Crippen LogP contribution in [0, 0.1) is 0 Å². The highest BCUT2D eigenvalue weighted by molar-refractivity contribution is 7.78. The summed E-state index contributed by atoms with van der Waals surface area (Å²) in [4.78, 5) is 0. The van der Waals surface area contributed by atoms with Gasteiger partial charge in [0.1, 0.15) is 0 Å². The Morgan fingerprint density at radius 3 is 2.50 bits per heavy atom. The van der Waals surface area contributed by atoms with Gasteiger partial charge in [-0.15, -0.1) is 0 Å². The van der Waals surface area contributed by atoms with Crippen LogP contribution in [0.4, 0.5) is 13.2 Å². The Balaban J connectivity index is 3.92. The monoisotopic (exact) mass is 197 g/mol. The van der Waals surface area contributed by atoms with Crippen molar-refractivity contribution in [2.24, 2.45) is 0 Å². The Bertz CT molecular complexity index is 176. The molecule has 70 valence electrons. The molecule has 0 saturated carbocycles. The lowest BCUT2D eigenvalue weighted by Gasteiger charge is -2.14. The molecule has 0 aromatic rings. The van der Waals surface area contributed by atoms with Crippen LogP contribution in [-0.4, -0.2) is 17.7 Å². The molecule has 12 heavy (non-hydrogen) atoms. The Morgan fingerprint density at radius 2 is 2.17 bits per heavy atom. The van der Waals surface area contributed by atoms with E-state index in [9.17, 15) is 13.2 Å². The molecule has 0 fully saturated rings. The highest BCUT2D eigenvalue weighted by atomic mass is 32.1. The number of halogens is 3. The van der Waals surface area contributed by atoms with Crippen LogP contribution in [0.1, 0.15) is 13.3 Å². The molecule has 0 amide bonds. The molecule has 0 aromatic heterocycles. The van der Waals surface area contributed by atoms with Gasteiger partial charge in [0.2, 0.25) is 0 Å². The molecular formula is C7H10F3NS. The van der Waals surface area contributed by atoms with Crippen molar-refractivity contribution in [3.05, 3.63) is 12.2 Å². The normalized spacial score (nSPS) is 13.7. The summed E-state index contributed by atoms with van der Waals surface area (Å²) in [5, 5.41) is 2.58. The molecule has 0 bridgehead atoms. The molecule has 0 rings (SSSR count). The van der Waals surface area contributed by atoms with E-state index in [-0.39, 0.29) is 12.5 Å². The van der Waals surface area contributed by atoms with Crippen molar-refractivity contribution in [1.29, 1.82) is 0 Å². The molecule has 0 radical (unpaired) electrons. The second kappa shape index (κ2) is 4.45. The quantitative estimate of drug-likeness (QED) is 0.548. The van der Waals surface area contributed by atoms with Crippen LogP contribution in [0.5, 0.6) is 0 Å². The zero-order valence-electron chi connectivity index (χ0n) is 6.61. The molecule has 0 saturated heterocycles. The van der Waals surface area contributed by atoms with Crippen LogP contribution in [0.2, 0.25) is 0 Å². The Hall–Kier alpha value is -0.580. The summed E-state index contributed by atoms with van der Waals surface area (Å²) in [6, 6.07) is -0.323. The largest absolute Gasteiger partial charge is 0.412 e. The van der Waals surface area contributed by atoms with Gasteiger partial charge in [0.05, 0.1) is 5.49 Å². The number of alkyl halides is 3. The third-order valence-electron chi connectivity index (χ3n) is 1.31. The molecule has 0 aromatic carbocycles. The third-order valence-corrected chi connectivity index (χ3v) is 1.44. The SMILES string of the molecule is C=C(CC(C)NC=S)C(F)(F)F. The fourth-order valence-electron chi connectivity index (χ4n) is 0.660. The standard InChI is InChI=1S/C7H10F3NS/c1-5(7(8,9)10)3-6(2)11-4-12/h4,6H,1,3H2,2H3,(H,11,12). The topological polar surface area (TPSA) is 12.0 Å². The Kier molecular flexibility index (Phi) is 4.23. The molecule has 0 aliphatic rings. The van der Waals surface area contributed by atoms with Gasteiger partial charge in [0.25, 0.3) is 0 Å². The fourth-order valence-corrected chi connectivity index (χ4v) is 0.893. The van der Waals surface area contributed by atoms with Crippen molar-refractivity contribution >= 4 is 17.7 Å². The van der Waals surface area contributed by atoms with E-state index in [1.807, 2.05) is 0 Å². The fraction of sp³-hybridized carbons (Fsp3) is 0.571. The molecule has 0 heterocycles. The van der Waals surface area contributed by atoms with Crippen LogP contribution in [-0.2, 0) is 0 Å². The first kappa shape index (κ1) is 11.4. The van der Waals surface area contributed by atoms with Crippen LogP contribution in [0.25, 0.3) is 0 Å². The van der Waals surface area contributed by atoms with Gasteiger partial charge >= 0.3 is 6.18 Å². The maximum Gasteiger partial charge on any atom is 0.412 e. The van der Waals surface area contributed by atoms with E-state index in [1.165, 1.54) is 5.49 Å². The lowest BCUT2D eigenvalue weighted by Crippen LogP contribution is -2.26. The highest BCUT2D eigenvalue weighted by Crippen LogP contribution is 2.27. The predicted octanol–water partition coefficient (Wildman–Crippen LogP) is 2.43. The van der Waals surface area contributed by atoms with Crippen molar-refractivity contribution in [2.45, 2.75) is 25.6 Å². The first-order valence-corrected chi connectivity index (χ1v) is 3.79. The van der Waals surface area contributed by atoms with Gasteiger partial charge in [0, 0.05) is 11.6 Å². The average Bonchev–Trinajstić information content (AvgIpc) is 1.85. The van der Waals surface area contributed by atoms with Crippen LogP contribution >= 0.6 is 12.2 Å². The summed E-state index contributed by atoms with van der Waals surface area (Å²) in [5.41, 5.74) is 0.466. The van der Waals surface area contributed by atoms with E-state index in [1.54, 1.807) is 6.92 Å². The molecule has 0 spiro atoms. The lowest BCUT2D eigenvalue weighted by molar-refractivity contribution is -0.0941. The minimum atomic E-state index is -4.29. The second-order valence-corrected chi connectivity index (χ2v) is 2.73. The van der Waals surface area contributed by atoms with E-state index in [2.05, 4.69) is 24.1 Å². The minimum absolute atomic E-state index is 0.142. The smallest absolute Gasteiger partial charge is 0.379 e. The number of rotatable bonds is 4. The van der Waals surface area contributed by atoms with Gasteiger partial charge in [-0.05, 0) is 13.3 Å². The summed E-state index contributed by atoms with van der Waals surface area (Å²) in [5.74, 6) is 0. The van der Waals surface area contributed by atoms with Gasteiger partial charge in [0.15, 0.2) is 0 Å². The molecule has 5 heteroatoms. The summed E-state index contributed by atoms with van der Waals surface area (Å²) < 4.78 is 35.7. The van der Waals surface area contributed by atoms with E-state index in [0.29, 0.717) is 0 Å². The van der Waals surface area contributed by atoms with Crippen LogP contribution < -0.4 is 5.32 Å². The van der Waals surface area contributed by atoms with Gasteiger partial charge in [-0.3, -0.25) is 0 Å². The van der Waals surface area contributed by atoms with E-state index >= 15 is 0 Å². The third kappa shape index (κ3) is 4.33. The summed E-state index contributed by atoms with van der Waals surface area (Å²) in [7, 11) is 0. The summed E-state index contributed by atoms with van der Waals surface area (Å²) >= 11 is 4.43. The van der Waals surface area contributed by atoms with Crippen molar-refractivity contribution in [3.8, 4) is 0 Å². The van der Waals surface area contributed by atoms with Crippen LogP contribution in [0.15, 0.2) is 12.2 Å². The average molecular weight is 197 g/mol. The van der Waals surface area contributed by atoms with Crippen LogP contribution in [0.3, 0.4) is 0 Å². The molecule has 1 atom stereocenters. The van der Waals surface area contributed by atoms with E-state index in [0.717, 1.165) is 0 Å². The van der Waals surface area contributed by atoms with Crippen molar-refractivity contribution in [2.75, 3.05) is 0 Å². The van der Waals surface area contributed by atoms with Gasteiger partial charge in [-0.2, -0.15) is 13.2 Å². The maximum absolute atomic E-state index is 11.9. The molecule has 1 N–H and O–H groups in total. The van der Waals surface area contributed by atoms with E-state index < -0.39 is 11.7 Å². The molecule has 1 unspecified atom stereocenters. The first-order chi connectivity index (χ1) is 5.38. The van der Waals surface area contributed by atoms with Crippen molar-refractivity contribution in [1.82, 2.24) is 5.32 Å². The molecule has 0 aliphatic carbocycles. The zero-order chi connectivity index (χ0) is 9.78. The number of thiocarbonyl (C=S) groups is 1. The lowest BCUT2D eigenvalue weighted by atomic mass is 10.1. The second-order valence-electron chi connectivity index (χ2n) is 2.49. The summed E-state index contributed by atoms with van der Waals surface area (Å²) in [6.45, 7) is 4.55. The van der Waals surface area contributed by atoms with Crippen molar-refractivity contribution < 1.29 is 13.2 Å². The molecular weight excluding hydrogens is 187 g/mol. The number of nitrogens with one attached hydrogen (secondary N) is 1. The first-order valence-electron chi connectivity index (χ1n) is 3.32. The molecule has 1 nitrogen and oxygen atoms in total. The summed E-state index contributed by atoms with van der Waals surface area (Å²) in [6.07, 6.45) is -4.44. The highest BCUT2D eigenvalue weighted by Gasteiger charge is 2.32.